The summed E-state index contributed by atoms with van der Waals surface area (Å²) >= 11 is 2.18. The standard InChI is InChI=1S/C14H11IO3/c1-17-14(16)10-7-6-9-8-4-2-3-5-11(8)18-13(9)12(10)15/h2-7,14,16H,1H3. The topological polar surface area (TPSA) is 42.6 Å². The molecule has 0 saturated heterocycles. The largest absolute Gasteiger partial charge is 0.455 e. The zero-order valence-electron chi connectivity index (χ0n) is 9.68. The van der Waals surface area contributed by atoms with Crippen molar-refractivity contribution in [3.63, 3.8) is 0 Å². The van der Waals surface area contributed by atoms with Gasteiger partial charge in [-0.15, -0.1) is 0 Å². The van der Waals surface area contributed by atoms with E-state index in [-0.39, 0.29) is 0 Å². The Kier molecular flexibility index (Phi) is 3.01. The van der Waals surface area contributed by atoms with Crippen molar-refractivity contribution in [2.75, 3.05) is 7.11 Å². The molecule has 0 saturated carbocycles. The lowest BCUT2D eigenvalue weighted by atomic mass is 10.1. The molecule has 4 heteroatoms. The maximum atomic E-state index is 9.78. The number of halogens is 1. The van der Waals surface area contributed by atoms with Crippen LogP contribution in [0.1, 0.15) is 11.9 Å². The normalized spacial score (nSPS) is 13.3. The predicted octanol–water partition coefficient (Wildman–Crippen LogP) is 3.83. The van der Waals surface area contributed by atoms with Gasteiger partial charge in [0.05, 0.1) is 3.57 Å². The van der Waals surface area contributed by atoms with E-state index in [1.165, 1.54) is 7.11 Å². The van der Waals surface area contributed by atoms with E-state index in [2.05, 4.69) is 22.6 Å². The highest BCUT2D eigenvalue weighted by Crippen LogP contribution is 2.35. The lowest BCUT2D eigenvalue weighted by Gasteiger charge is -2.10. The molecule has 0 aliphatic rings. The summed E-state index contributed by atoms with van der Waals surface area (Å²) in [5.74, 6) is 0. The van der Waals surface area contributed by atoms with Gasteiger partial charge in [-0.25, -0.2) is 0 Å². The number of para-hydroxylation sites is 1. The summed E-state index contributed by atoms with van der Waals surface area (Å²) in [4.78, 5) is 0. The highest BCUT2D eigenvalue weighted by Gasteiger charge is 2.16. The van der Waals surface area contributed by atoms with Gasteiger partial charge in [-0.1, -0.05) is 24.3 Å². The Labute approximate surface area is 117 Å². The molecule has 3 rings (SSSR count). The van der Waals surface area contributed by atoms with Gasteiger partial charge < -0.3 is 14.3 Å². The molecule has 0 radical (unpaired) electrons. The molecule has 0 bridgehead atoms. The van der Waals surface area contributed by atoms with Gasteiger partial charge in [0.2, 0.25) is 0 Å². The molecule has 1 unspecified atom stereocenters. The van der Waals surface area contributed by atoms with Crippen LogP contribution in [0.4, 0.5) is 0 Å². The van der Waals surface area contributed by atoms with Crippen LogP contribution in [0.25, 0.3) is 21.9 Å². The lowest BCUT2D eigenvalue weighted by molar-refractivity contribution is -0.0774. The van der Waals surface area contributed by atoms with Gasteiger partial charge in [0.1, 0.15) is 11.2 Å². The lowest BCUT2D eigenvalue weighted by Crippen LogP contribution is -2.01. The number of ether oxygens (including phenoxy) is 1. The van der Waals surface area contributed by atoms with Crippen molar-refractivity contribution in [1.82, 2.24) is 0 Å². The van der Waals surface area contributed by atoms with Crippen LogP contribution in [0.3, 0.4) is 0 Å². The zero-order valence-corrected chi connectivity index (χ0v) is 11.8. The summed E-state index contributed by atoms with van der Waals surface area (Å²) in [5, 5.41) is 11.9. The molecular weight excluding hydrogens is 343 g/mol. The van der Waals surface area contributed by atoms with Crippen LogP contribution in [0.2, 0.25) is 0 Å². The summed E-state index contributed by atoms with van der Waals surface area (Å²) in [7, 11) is 1.48. The van der Waals surface area contributed by atoms with E-state index < -0.39 is 6.29 Å². The number of methoxy groups -OCH3 is 1. The van der Waals surface area contributed by atoms with Crippen LogP contribution in [0, 0.1) is 3.57 Å². The molecule has 1 aromatic heterocycles. The molecule has 1 atom stereocenters. The quantitative estimate of drug-likeness (QED) is 0.562. The van der Waals surface area contributed by atoms with Crippen LogP contribution in [-0.2, 0) is 4.74 Å². The highest BCUT2D eigenvalue weighted by molar-refractivity contribution is 14.1. The maximum absolute atomic E-state index is 9.78. The first-order valence-corrected chi connectivity index (χ1v) is 6.60. The van der Waals surface area contributed by atoms with Gasteiger partial charge in [0, 0.05) is 23.4 Å². The van der Waals surface area contributed by atoms with E-state index >= 15 is 0 Å². The molecule has 2 aromatic carbocycles. The second-order valence-electron chi connectivity index (χ2n) is 4.03. The summed E-state index contributed by atoms with van der Waals surface area (Å²) < 4.78 is 11.7. The molecule has 0 spiro atoms. The minimum absolute atomic E-state index is 0.727. The molecule has 3 nitrogen and oxygen atoms in total. The van der Waals surface area contributed by atoms with Crippen molar-refractivity contribution in [2.24, 2.45) is 0 Å². The number of aliphatic hydroxyl groups is 1. The summed E-state index contributed by atoms with van der Waals surface area (Å²) in [6.45, 7) is 0. The predicted molar refractivity (Wildman–Crippen MR) is 78.4 cm³/mol. The van der Waals surface area contributed by atoms with Crippen molar-refractivity contribution in [3.8, 4) is 0 Å². The molecule has 1 N–H and O–H groups in total. The Balaban J connectivity index is 2.35. The van der Waals surface area contributed by atoms with E-state index in [9.17, 15) is 5.11 Å². The van der Waals surface area contributed by atoms with Crippen LogP contribution in [-0.4, -0.2) is 12.2 Å². The van der Waals surface area contributed by atoms with Gasteiger partial charge in [-0.3, -0.25) is 0 Å². The summed E-state index contributed by atoms with van der Waals surface area (Å²) in [6.07, 6.45) is -0.922. The number of furan rings is 1. The fourth-order valence-electron chi connectivity index (χ4n) is 2.09. The Bertz CT molecular complexity index is 717. The van der Waals surface area contributed by atoms with Crippen LogP contribution in [0.5, 0.6) is 0 Å². The fraction of sp³-hybridized carbons (Fsp3) is 0.143. The van der Waals surface area contributed by atoms with Crippen LogP contribution >= 0.6 is 22.6 Å². The maximum Gasteiger partial charge on any atom is 0.181 e. The van der Waals surface area contributed by atoms with Crippen LogP contribution < -0.4 is 0 Å². The third-order valence-electron chi connectivity index (χ3n) is 3.01. The van der Waals surface area contributed by atoms with Crippen molar-refractivity contribution < 1.29 is 14.3 Å². The Morgan fingerprint density at radius 2 is 1.94 bits per heavy atom. The Morgan fingerprint density at radius 3 is 2.72 bits per heavy atom. The first-order chi connectivity index (χ1) is 8.72. The Morgan fingerprint density at radius 1 is 1.17 bits per heavy atom. The van der Waals surface area contributed by atoms with Gasteiger partial charge >= 0.3 is 0 Å². The third kappa shape index (κ3) is 1.72. The van der Waals surface area contributed by atoms with E-state index in [1.54, 1.807) is 0 Å². The monoisotopic (exact) mass is 354 g/mol. The zero-order chi connectivity index (χ0) is 12.7. The molecule has 92 valence electrons. The smallest absolute Gasteiger partial charge is 0.181 e. The average Bonchev–Trinajstić information content (AvgIpc) is 2.78. The second-order valence-corrected chi connectivity index (χ2v) is 5.11. The minimum Gasteiger partial charge on any atom is -0.455 e. The summed E-state index contributed by atoms with van der Waals surface area (Å²) in [5.41, 5.74) is 2.38. The molecule has 0 aliphatic heterocycles. The fourth-order valence-corrected chi connectivity index (χ4v) is 2.94. The van der Waals surface area contributed by atoms with E-state index in [0.717, 1.165) is 31.1 Å². The molecule has 3 aromatic rings. The highest BCUT2D eigenvalue weighted by atomic mass is 127. The number of hydrogen-bond acceptors (Lipinski definition) is 3. The first-order valence-electron chi connectivity index (χ1n) is 5.53. The molecule has 1 heterocycles. The molecule has 0 aliphatic carbocycles. The third-order valence-corrected chi connectivity index (χ3v) is 4.12. The minimum atomic E-state index is -0.922. The Hall–Kier alpha value is -1.11. The van der Waals surface area contributed by atoms with Gasteiger partial charge in [0.15, 0.2) is 6.29 Å². The van der Waals surface area contributed by atoms with Crippen molar-refractivity contribution in [3.05, 3.63) is 45.5 Å². The summed E-state index contributed by atoms with van der Waals surface area (Å²) in [6, 6.07) is 11.7. The van der Waals surface area contributed by atoms with Crippen molar-refractivity contribution >= 4 is 44.5 Å². The molecular formula is C14H11IO3. The molecule has 18 heavy (non-hydrogen) atoms. The van der Waals surface area contributed by atoms with Crippen LogP contribution in [0.15, 0.2) is 40.8 Å². The van der Waals surface area contributed by atoms with Crippen molar-refractivity contribution in [2.45, 2.75) is 6.29 Å². The van der Waals surface area contributed by atoms with E-state index in [4.69, 9.17) is 9.15 Å². The van der Waals surface area contributed by atoms with Gasteiger partial charge in [-0.05, 0) is 34.7 Å². The number of hydrogen-bond donors (Lipinski definition) is 1. The molecule has 0 amide bonds. The number of aliphatic hydroxyl groups excluding tert-OH is 1. The van der Waals surface area contributed by atoms with Gasteiger partial charge in [-0.2, -0.15) is 0 Å². The van der Waals surface area contributed by atoms with Gasteiger partial charge in [0.25, 0.3) is 0 Å². The van der Waals surface area contributed by atoms with E-state index in [1.807, 2.05) is 36.4 Å². The van der Waals surface area contributed by atoms with Crippen molar-refractivity contribution in [1.29, 1.82) is 0 Å². The average molecular weight is 354 g/mol. The number of rotatable bonds is 2. The number of benzene rings is 2. The van der Waals surface area contributed by atoms with E-state index in [0.29, 0.717) is 0 Å². The first kappa shape index (κ1) is 12.0. The molecule has 0 fully saturated rings. The number of fused-ring (bicyclic) bond motifs is 3. The second kappa shape index (κ2) is 4.53. The SMILES string of the molecule is COC(O)c1ccc2c(oc3ccccc32)c1I.